The molecule has 0 aromatic heterocycles. The first-order valence-electron chi connectivity index (χ1n) is 12.2. The summed E-state index contributed by atoms with van der Waals surface area (Å²) in [4.78, 5) is 0. The van der Waals surface area contributed by atoms with E-state index in [9.17, 15) is 10.2 Å². The standard InChI is InChI=1S/C30H32O2/c1-29-16-14-23-24(27(29)15-17-30(29,32)22-10-6-3-7-11-22)13-12-21-18-28(31)26(19-25(21)23)20-8-4-2-5-9-20/h2-11,18-19,23-24,27,31-32H,12-17H2,1H3/t23-,24+,27-,29-,30-/m0/s1. The number of phenols is 1. The number of phenolic OH excluding ortho intramolecular Hbond substituents is 1. The highest BCUT2D eigenvalue weighted by atomic mass is 16.3. The van der Waals surface area contributed by atoms with Crippen molar-refractivity contribution in [2.75, 3.05) is 0 Å². The zero-order chi connectivity index (χ0) is 21.9. The van der Waals surface area contributed by atoms with Crippen LogP contribution in [0.1, 0.15) is 61.6 Å². The lowest BCUT2D eigenvalue weighted by molar-refractivity contribution is -0.108. The zero-order valence-corrected chi connectivity index (χ0v) is 18.8. The molecule has 3 aromatic carbocycles. The molecule has 2 nitrogen and oxygen atoms in total. The third kappa shape index (κ3) is 2.75. The van der Waals surface area contributed by atoms with Gasteiger partial charge in [0.25, 0.3) is 0 Å². The summed E-state index contributed by atoms with van der Waals surface area (Å²) >= 11 is 0. The molecule has 164 valence electrons. The second-order valence-corrected chi connectivity index (χ2v) is 10.6. The molecule has 3 aromatic rings. The Morgan fingerprint density at radius 2 is 1.56 bits per heavy atom. The Kier molecular flexibility index (Phi) is 4.52. The molecule has 2 N–H and O–H groups in total. The lowest BCUT2D eigenvalue weighted by atomic mass is 9.52. The molecular formula is C30H32O2. The van der Waals surface area contributed by atoms with Crippen LogP contribution in [0.4, 0.5) is 0 Å². The largest absolute Gasteiger partial charge is 0.507 e. The number of fused-ring (bicyclic) bond motifs is 5. The van der Waals surface area contributed by atoms with Crippen molar-refractivity contribution in [3.8, 4) is 16.9 Å². The maximum absolute atomic E-state index is 12.0. The van der Waals surface area contributed by atoms with E-state index in [0.717, 1.165) is 55.2 Å². The van der Waals surface area contributed by atoms with E-state index in [-0.39, 0.29) is 5.41 Å². The van der Waals surface area contributed by atoms with E-state index >= 15 is 0 Å². The Hall–Kier alpha value is -2.58. The number of rotatable bonds is 2. The molecule has 32 heavy (non-hydrogen) atoms. The second kappa shape index (κ2) is 7.22. The first kappa shape index (κ1) is 20.1. The normalized spacial score (nSPS) is 33.2. The van der Waals surface area contributed by atoms with Gasteiger partial charge in [-0.05, 0) is 90.7 Å². The minimum absolute atomic E-state index is 0.0772. The van der Waals surface area contributed by atoms with Crippen LogP contribution in [0.3, 0.4) is 0 Å². The van der Waals surface area contributed by atoms with Crippen molar-refractivity contribution in [3.05, 3.63) is 89.5 Å². The molecule has 0 unspecified atom stereocenters. The molecule has 0 radical (unpaired) electrons. The Balaban J connectivity index is 1.38. The summed E-state index contributed by atoms with van der Waals surface area (Å²) in [6, 6.07) is 24.9. The first-order chi connectivity index (χ1) is 15.5. The minimum Gasteiger partial charge on any atom is -0.507 e. The summed E-state index contributed by atoms with van der Waals surface area (Å²) < 4.78 is 0. The second-order valence-electron chi connectivity index (χ2n) is 10.6. The molecule has 0 aliphatic heterocycles. The first-order valence-corrected chi connectivity index (χ1v) is 12.2. The molecule has 3 aliphatic rings. The van der Waals surface area contributed by atoms with Crippen LogP contribution >= 0.6 is 0 Å². The third-order valence-corrected chi connectivity index (χ3v) is 9.33. The Morgan fingerprint density at radius 3 is 2.31 bits per heavy atom. The van der Waals surface area contributed by atoms with Gasteiger partial charge in [-0.25, -0.2) is 0 Å². The van der Waals surface area contributed by atoms with Gasteiger partial charge in [-0.1, -0.05) is 67.6 Å². The number of aliphatic hydroxyl groups is 1. The maximum Gasteiger partial charge on any atom is 0.123 e. The van der Waals surface area contributed by atoms with Crippen LogP contribution < -0.4 is 0 Å². The fraction of sp³-hybridized carbons (Fsp3) is 0.400. The van der Waals surface area contributed by atoms with Crippen molar-refractivity contribution >= 4 is 0 Å². The summed E-state index contributed by atoms with van der Waals surface area (Å²) in [5.41, 5.74) is 5.08. The quantitative estimate of drug-likeness (QED) is 0.475. The highest BCUT2D eigenvalue weighted by molar-refractivity contribution is 5.72. The van der Waals surface area contributed by atoms with E-state index in [4.69, 9.17) is 0 Å². The third-order valence-electron chi connectivity index (χ3n) is 9.33. The molecule has 3 aliphatic carbocycles. The molecule has 0 spiro atoms. The smallest absolute Gasteiger partial charge is 0.123 e. The molecular weight excluding hydrogens is 392 g/mol. The van der Waals surface area contributed by atoms with Crippen molar-refractivity contribution in [1.82, 2.24) is 0 Å². The van der Waals surface area contributed by atoms with Crippen LogP contribution in [-0.2, 0) is 12.0 Å². The highest BCUT2D eigenvalue weighted by Gasteiger charge is 2.62. The molecule has 0 heterocycles. The molecule has 0 saturated heterocycles. The molecule has 2 saturated carbocycles. The van der Waals surface area contributed by atoms with Crippen LogP contribution in [-0.4, -0.2) is 10.2 Å². The van der Waals surface area contributed by atoms with Crippen LogP contribution in [0.15, 0.2) is 72.8 Å². The molecule has 5 atom stereocenters. The molecule has 2 heteroatoms. The summed E-state index contributed by atoms with van der Waals surface area (Å²) in [6.07, 6.45) is 6.30. The van der Waals surface area contributed by atoms with E-state index in [0.29, 0.717) is 23.5 Å². The van der Waals surface area contributed by atoms with Gasteiger partial charge in [-0.15, -0.1) is 0 Å². The van der Waals surface area contributed by atoms with Crippen LogP contribution in [0.5, 0.6) is 5.75 Å². The monoisotopic (exact) mass is 424 g/mol. The van der Waals surface area contributed by atoms with Gasteiger partial charge in [0.1, 0.15) is 5.75 Å². The summed E-state index contributed by atoms with van der Waals surface area (Å²) in [7, 11) is 0. The predicted octanol–water partition coefficient (Wildman–Crippen LogP) is 6.80. The summed E-state index contributed by atoms with van der Waals surface area (Å²) in [6.45, 7) is 2.36. The lowest BCUT2D eigenvalue weighted by Crippen LogP contribution is -2.49. The van der Waals surface area contributed by atoms with Crippen LogP contribution in [0.25, 0.3) is 11.1 Å². The zero-order valence-electron chi connectivity index (χ0n) is 18.8. The SMILES string of the molecule is C[C@]12CC[C@@H]3c4cc(-c5ccccc5)c(O)cc4CC[C@H]3[C@@H]1CC[C@]2(O)c1ccccc1. The number of hydrogen-bond acceptors (Lipinski definition) is 2. The van der Waals surface area contributed by atoms with Crippen LogP contribution in [0.2, 0.25) is 0 Å². The fourth-order valence-corrected chi connectivity index (χ4v) is 7.66. The van der Waals surface area contributed by atoms with E-state index in [2.05, 4.69) is 49.4 Å². The number of benzene rings is 3. The molecule has 0 amide bonds. The Labute approximate surface area is 190 Å². The maximum atomic E-state index is 12.0. The van der Waals surface area contributed by atoms with Gasteiger partial charge in [0.05, 0.1) is 5.60 Å². The van der Waals surface area contributed by atoms with E-state index in [1.807, 2.05) is 30.3 Å². The van der Waals surface area contributed by atoms with Gasteiger partial charge in [0.15, 0.2) is 0 Å². The van der Waals surface area contributed by atoms with Gasteiger partial charge in [0, 0.05) is 11.0 Å². The van der Waals surface area contributed by atoms with Gasteiger partial charge >= 0.3 is 0 Å². The number of aryl methyl sites for hydroxylation is 1. The highest BCUT2D eigenvalue weighted by Crippen LogP contribution is 2.67. The van der Waals surface area contributed by atoms with Crippen molar-refractivity contribution in [1.29, 1.82) is 0 Å². The van der Waals surface area contributed by atoms with Gasteiger partial charge in [-0.3, -0.25) is 0 Å². The predicted molar refractivity (Wildman–Crippen MR) is 128 cm³/mol. The molecule has 0 bridgehead atoms. The summed E-state index contributed by atoms with van der Waals surface area (Å²) in [5, 5.41) is 22.8. The Morgan fingerprint density at radius 1 is 0.844 bits per heavy atom. The number of hydrogen-bond donors (Lipinski definition) is 2. The fourth-order valence-electron chi connectivity index (χ4n) is 7.66. The van der Waals surface area contributed by atoms with Gasteiger partial charge in [0.2, 0.25) is 0 Å². The van der Waals surface area contributed by atoms with Gasteiger partial charge < -0.3 is 10.2 Å². The van der Waals surface area contributed by atoms with Crippen molar-refractivity contribution in [3.63, 3.8) is 0 Å². The van der Waals surface area contributed by atoms with Crippen molar-refractivity contribution in [2.45, 2.75) is 57.0 Å². The Bertz CT molecular complexity index is 1140. The van der Waals surface area contributed by atoms with Crippen LogP contribution in [0, 0.1) is 17.3 Å². The topological polar surface area (TPSA) is 40.5 Å². The average molecular weight is 425 g/mol. The molecule has 2 fully saturated rings. The minimum atomic E-state index is -0.728. The van der Waals surface area contributed by atoms with Crippen molar-refractivity contribution in [2.24, 2.45) is 17.3 Å². The molecule has 6 rings (SSSR count). The van der Waals surface area contributed by atoms with Crippen molar-refractivity contribution < 1.29 is 10.2 Å². The van der Waals surface area contributed by atoms with E-state index in [1.54, 1.807) is 0 Å². The number of aromatic hydroxyl groups is 1. The summed E-state index contributed by atoms with van der Waals surface area (Å²) in [5.74, 6) is 2.06. The lowest BCUT2D eigenvalue weighted by Gasteiger charge is -2.53. The van der Waals surface area contributed by atoms with E-state index < -0.39 is 5.60 Å². The average Bonchev–Trinajstić information content (AvgIpc) is 3.11. The van der Waals surface area contributed by atoms with E-state index in [1.165, 1.54) is 11.1 Å². The van der Waals surface area contributed by atoms with Gasteiger partial charge in [-0.2, -0.15) is 0 Å².